The van der Waals surface area contributed by atoms with Crippen molar-refractivity contribution in [2.75, 3.05) is 0 Å². The predicted octanol–water partition coefficient (Wildman–Crippen LogP) is 10.8. The zero-order valence-corrected chi connectivity index (χ0v) is 26.7. The van der Waals surface area contributed by atoms with Gasteiger partial charge in [-0.05, 0) is 83.4 Å². The molecular weight excluding hydrogens is 611 g/mol. The molecule has 0 unspecified atom stereocenters. The number of hydrogen-bond acceptors (Lipinski definition) is 3. The lowest BCUT2D eigenvalue weighted by molar-refractivity contribution is 1.17. The van der Waals surface area contributed by atoms with Crippen LogP contribution >= 0.6 is 0 Å². The third kappa shape index (κ3) is 4.38. The minimum Gasteiger partial charge on any atom is -0.309 e. The molecule has 50 heavy (non-hydrogen) atoms. The number of nitrogens with zero attached hydrogens (tertiary/aromatic N) is 5. The van der Waals surface area contributed by atoms with Crippen LogP contribution in [0.1, 0.15) is 16.7 Å². The van der Waals surface area contributed by atoms with E-state index in [9.17, 15) is 15.8 Å². The third-order valence-corrected chi connectivity index (χ3v) is 9.57. The van der Waals surface area contributed by atoms with Gasteiger partial charge in [-0.1, -0.05) is 84.9 Å². The molecule has 230 valence electrons. The zero-order chi connectivity index (χ0) is 33.8. The summed E-state index contributed by atoms with van der Waals surface area (Å²) in [6.07, 6.45) is 0. The second kappa shape index (κ2) is 11.4. The van der Waals surface area contributed by atoms with E-state index in [4.69, 9.17) is 0 Å². The van der Waals surface area contributed by atoms with E-state index in [1.807, 2.05) is 91.0 Å². The molecule has 2 heterocycles. The zero-order valence-electron chi connectivity index (χ0n) is 26.7. The molecule has 0 radical (unpaired) electrons. The molecule has 9 aromatic rings. The Hall–Kier alpha value is -7.39. The fourth-order valence-corrected chi connectivity index (χ4v) is 7.43. The summed E-state index contributed by atoms with van der Waals surface area (Å²) in [4.78, 5) is 0. The number of benzene rings is 7. The first-order valence-electron chi connectivity index (χ1n) is 16.3. The van der Waals surface area contributed by atoms with Crippen LogP contribution in [0, 0.1) is 34.0 Å². The topological polar surface area (TPSA) is 81.2 Å². The molecule has 0 bridgehead atoms. The number of hydrogen-bond donors (Lipinski definition) is 0. The van der Waals surface area contributed by atoms with E-state index in [1.165, 1.54) is 0 Å². The van der Waals surface area contributed by atoms with Crippen molar-refractivity contribution < 1.29 is 0 Å². The summed E-state index contributed by atoms with van der Waals surface area (Å²) in [5.74, 6) is 0. The van der Waals surface area contributed by atoms with Crippen LogP contribution < -0.4 is 0 Å². The van der Waals surface area contributed by atoms with Crippen LogP contribution in [0.3, 0.4) is 0 Å². The summed E-state index contributed by atoms with van der Waals surface area (Å²) in [6.45, 7) is 0. The van der Waals surface area contributed by atoms with Crippen LogP contribution in [-0.4, -0.2) is 9.13 Å². The molecule has 0 amide bonds. The van der Waals surface area contributed by atoms with Crippen LogP contribution in [0.2, 0.25) is 0 Å². The normalized spacial score (nSPS) is 11.1. The fraction of sp³-hybridized carbons (Fsp3) is 0. The smallest absolute Gasteiger partial charge is 0.101 e. The van der Waals surface area contributed by atoms with Crippen LogP contribution in [0.5, 0.6) is 0 Å². The van der Waals surface area contributed by atoms with Crippen molar-refractivity contribution in [3.8, 4) is 51.8 Å². The van der Waals surface area contributed by atoms with Crippen molar-refractivity contribution in [3.05, 3.63) is 168 Å². The first kappa shape index (κ1) is 28.8. The van der Waals surface area contributed by atoms with Gasteiger partial charge in [0.15, 0.2) is 0 Å². The van der Waals surface area contributed by atoms with Gasteiger partial charge in [0.2, 0.25) is 0 Å². The minimum atomic E-state index is 0.522. The molecular formula is C45H25N5. The Morgan fingerprint density at radius 2 is 0.980 bits per heavy atom. The molecule has 0 saturated carbocycles. The van der Waals surface area contributed by atoms with Gasteiger partial charge < -0.3 is 9.13 Å². The van der Waals surface area contributed by atoms with E-state index in [1.54, 1.807) is 0 Å². The molecule has 0 atom stereocenters. The molecule has 0 aliphatic heterocycles. The van der Waals surface area contributed by atoms with Crippen molar-refractivity contribution >= 4 is 43.6 Å². The van der Waals surface area contributed by atoms with E-state index in [2.05, 4.69) is 88.0 Å². The van der Waals surface area contributed by atoms with Crippen LogP contribution in [0.15, 0.2) is 152 Å². The van der Waals surface area contributed by atoms with E-state index in [-0.39, 0.29) is 0 Å². The van der Waals surface area contributed by atoms with Crippen molar-refractivity contribution in [2.45, 2.75) is 0 Å². The number of rotatable bonds is 4. The van der Waals surface area contributed by atoms with Gasteiger partial charge in [-0.2, -0.15) is 15.8 Å². The minimum absolute atomic E-state index is 0.522. The van der Waals surface area contributed by atoms with Gasteiger partial charge in [0.05, 0.1) is 56.6 Å². The van der Waals surface area contributed by atoms with E-state index in [0.29, 0.717) is 16.7 Å². The largest absolute Gasteiger partial charge is 0.309 e. The van der Waals surface area contributed by atoms with Gasteiger partial charge in [0.25, 0.3) is 0 Å². The highest BCUT2D eigenvalue weighted by Gasteiger charge is 2.20. The molecule has 5 heteroatoms. The maximum absolute atomic E-state index is 10.4. The van der Waals surface area contributed by atoms with Crippen LogP contribution in [0.4, 0.5) is 0 Å². The molecule has 0 fully saturated rings. The average molecular weight is 636 g/mol. The second-order valence-corrected chi connectivity index (χ2v) is 12.3. The van der Waals surface area contributed by atoms with Gasteiger partial charge >= 0.3 is 0 Å². The molecule has 2 aromatic heterocycles. The van der Waals surface area contributed by atoms with Crippen molar-refractivity contribution in [1.29, 1.82) is 15.8 Å². The standard InChI is InChI=1S/C45H25N5/c46-26-29-19-20-40-39-14-1-4-16-41(39)49(44(40)23-29)35-11-7-9-31(25-35)33-21-30(27-47)22-34(24-33)36-15-8-10-32(28-48)45(36)50-42-17-5-2-12-37(42)38-13-3-6-18-43(38)50/h1-25H. The Labute approximate surface area is 287 Å². The Morgan fingerprint density at radius 3 is 1.64 bits per heavy atom. The molecule has 0 aliphatic rings. The lowest BCUT2D eigenvalue weighted by Gasteiger charge is -2.17. The summed E-state index contributed by atoms with van der Waals surface area (Å²) in [5, 5.41) is 34.8. The highest BCUT2D eigenvalue weighted by Crippen LogP contribution is 2.40. The fourth-order valence-electron chi connectivity index (χ4n) is 7.43. The molecule has 0 spiro atoms. The Kier molecular flexibility index (Phi) is 6.56. The SMILES string of the molecule is N#Cc1cc(-c2cccc(-n3c4ccccc4c4ccc(C#N)cc43)c2)cc(-c2cccc(C#N)c2-n2c3ccccc3c3ccccc32)c1. The number of aromatic nitrogens is 2. The van der Waals surface area contributed by atoms with E-state index >= 15 is 0 Å². The first-order valence-corrected chi connectivity index (χ1v) is 16.3. The Balaban J connectivity index is 1.27. The number of nitriles is 3. The number of para-hydroxylation sites is 4. The van der Waals surface area contributed by atoms with Gasteiger partial charge in [-0.15, -0.1) is 0 Å². The number of fused-ring (bicyclic) bond motifs is 6. The molecule has 9 rings (SSSR count). The van der Waals surface area contributed by atoms with Gasteiger partial charge in [0, 0.05) is 32.8 Å². The Morgan fingerprint density at radius 1 is 0.380 bits per heavy atom. The molecule has 5 nitrogen and oxygen atoms in total. The predicted molar refractivity (Wildman–Crippen MR) is 200 cm³/mol. The summed E-state index contributed by atoms with van der Waals surface area (Å²) >= 11 is 0. The molecule has 0 aliphatic carbocycles. The van der Waals surface area contributed by atoms with Crippen LogP contribution in [0.25, 0.3) is 77.2 Å². The summed E-state index contributed by atoms with van der Waals surface area (Å²) in [5.41, 5.74) is 10.9. The monoisotopic (exact) mass is 635 g/mol. The lowest BCUT2D eigenvalue weighted by Crippen LogP contribution is -2.01. The first-order chi connectivity index (χ1) is 24.7. The van der Waals surface area contributed by atoms with Gasteiger partial charge in [0.1, 0.15) is 6.07 Å². The highest BCUT2D eigenvalue weighted by atomic mass is 15.0. The summed E-state index contributed by atoms with van der Waals surface area (Å²) < 4.78 is 4.37. The third-order valence-electron chi connectivity index (χ3n) is 9.57. The van der Waals surface area contributed by atoms with Crippen LogP contribution in [-0.2, 0) is 0 Å². The van der Waals surface area contributed by atoms with Crippen molar-refractivity contribution in [1.82, 2.24) is 9.13 Å². The summed E-state index contributed by atoms with van der Waals surface area (Å²) in [7, 11) is 0. The van der Waals surface area contributed by atoms with E-state index < -0.39 is 0 Å². The highest BCUT2D eigenvalue weighted by molar-refractivity contribution is 6.11. The van der Waals surface area contributed by atoms with Gasteiger partial charge in [-0.25, -0.2) is 0 Å². The molecule has 0 N–H and O–H groups in total. The second-order valence-electron chi connectivity index (χ2n) is 12.3. The van der Waals surface area contributed by atoms with E-state index in [0.717, 1.165) is 77.2 Å². The maximum atomic E-state index is 10.4. The lowest BCUT2D eigenvalue weighted by atomic mass is 9.94. The Bertz CT molecular complexity index is 2920. The maximum Gasteiger partial charge on any atom is 0.101 e. The molecule has 0 saturated heterocycles. The quantitative estimate of drug-likeness (QED) is 0.193. The van der Waals surface area contributed by atoms with Gasteiger partial charge in [-0.3, -0.25) is 0 Å². The molecule has 7 aromatic carbocycles. The average Bonchev–Trinajstić information content (AvgIpc) is 3.69. The summed E-state index contributed by atoms with van der Waals surface area (Å²) in [6, 6.07) is 57.7. The van der Waals surface area contributed by atoms with Crippen molar-refractivity contribution in [2.24, 2.45) is 0 Å². The van der Waals surface area contributed by atoms with Crippen molar-refractivity contribution in [3.63, 3.8) is 0 Å².